The minimum atomic E-state index is -3.90. The van der Waals surface area contributed by atoms with Crippen LogP contribution in [0.15, 0.2) is 42.5 Å². The number of aromatic nitrogens is 2. The van der Waals surface area contributed by atoms with Gasteiger partial charge < -0.3 is 10.4 Å². The summed E-state index contributed by atoms with van der Waals surface area (Å²) in [6.07, 6.45) is 0.288. The van der Waals surface area contributed by atoms with Gasteiger partial charge in [-0.1, -0.05) is 23.7 Å². The average molecular weight is 425 g/mol. The first kappa shape index (κ1) is 19.1. The molecule has 2 N–H and O–H groups in total. The molecule has 0 unspecified atom stereocenters. The van der Waals surface area contributed by atoms with E-state index < -0.39 is 22.1 Å². The van der Waals surface area contributed by atoms with E-state index in [0.717, 1.165) is 4.09 Å². The summed E-state index contributed by atoms with van der Waals surface area (Å²) >= 11 is 5.83. The van der Waals surface area contributed by atoms with Crippen molar-refractivity contribution in [2.45, 2.75) is 18.9 Å². The molecule has 1 aromatic heterocycles. The first-order chi connectivity index (χ1) is 13.4. The summed E-state index contributed by atoms with van der Waals surface area (Å²) in [6.45, 7) is 0.460. The van der Waals surface area contributed by atoms with Crippen LogP contribution in [0.1, 0.15) is 12.8 Å². The molecule has 0 radical (unpaired) electrons. The van der Waals surface area contributed by atoms with Gasteiger partial charge in [-0.3, -0.25) is 0 Å². The average Bonchev–Trinajstić information content (AvgIpc) is 3.05. The maximum absolute atomic E-state index is 13.4. The first-order valence-electron chi connectivity index (χ1n) is 8.75. The van der Waals surface area contributed by atoms with Crippen molar-refractivity contribution in [3.63, 3.8) is 0 Å². The highest BCUT2D eigenvalue weighted by atomic mass is 35.5. The summed E-state index contributed by atoms with van der Waals surface area (Å²) < 4.78 is 42.0. The fraction of sp³-hybridized carbons (Fsp3) is 0.278. The number of hydrogen-bond donors (Lipinski definition) is 2. The van der Waals surface area contributed by atoms with Crippen molar-refractivity contribution in [1.82, 2.24) is 13.5 Å². The van der Waals surface area contributed by atoms with Crippen LogP contribution in [0.25, 0.3) is 10.9 Å². The fourth-order valence-corrected chi connectivity index (χ4v) is 4.86. The Bertz CT molecular complexity index is 1130. The monoisotopic (exact) mass is 424 g/mol. The Kier molecular flexibility index (Phi) is 5.00. The van der Waals surface area contributed by atoms with Crippen LogP contribution in [0.2, 0.25) is 5.02 Å². The van der Waals surface area contributed by atoms with Crippen LogP contribution < -0.4 is 5.32 Å². The second-order valence-electron chi connectivity index (χ2n) is 6.60. The molecule has 1 fully saturated rings. The summed E-state index contributed by atoms with van der Waals surface area (Å²) in [7, 11) is -3.90. The summed E-state index contributed by atoms with van der Waals surface area (Å²) in [4.78, 5) is 0. The van der Waals surface area contributed by atoms with Crippen molar-refractivity contribution in [2.24, 2.45) is 0 Å². The number of hydrogen-bond acceptors (Lipinski definition) is 5. The number of aliphatic hydroxyl groups excluding tert-OH is 1. The van der Waals surface area contributed by atoms with Crippen LogP contribution in [-0.2, 0) is 10.2 Å². The second kappa shape index (κ2) is 7.32. The van der Waals surface area contributed by atoms with Crippen LogP contribution in [-0.4, -0.2) is 46.2 Å². The summed E-state index contributed by atoms with van der Waals surface area (Å²) in [5.74, 6) is -0.226. The highest BCUT2D eigenvalue weighted by molar-refractivity contribution is 7.87. The van der Waals surface area contributed by atoms with E-state index in [9.17, 15) is 17.9 Å². The highest BCUT2D eigenvalue weighted by Gasteiger charge is 2.31. The van der Waals surface area contributed by atoms with Crippen molar-refractivity contribution < 1.29 is 17.9 Å². The predicted octanol–water partition coefficient (Wildman–Crippen LogP) is 3.12. The summed E-state index contributed by atoms with van der Waals surface area (Å²) in [6, 6.07) is 11.1. The maximum atomic E-state index is 13.4. The molecule has 0 bridgehead atoms. The van der Waals surface area contributed by atoms with E-state index in [1.165, 1.54) is 22.5 Å². The van der Waals surface area contributed by atoms with Gasteiger partial charge in [0.05, 0.1) is 16.6 Å². The lowest BCUT2D eigenvalue weighted by Gasteiger charge is -2.28. The molecule has 2 aromatic carbocycles. The number of para-hydroxylation sites is 1. The molecule has 0 spiro atoms. The van der Waals surface area contributed by atoms with Gasteiger partial charge in [-0.25, -0.2) is 4.39 Å². The van der Waals surface area contributed by atoms with Crippen molar-refractivity contribution in [3.8, 4) is 0 Å². The quantitative estimate of drug-likeness (QED) is 0.672. The molecule has 7 nitrogen and oxygen atoms in total. The number of halogens is 2. The Morgan fingerprint density at radius 1 is 1.18 bits per heavy atom. The molecule has 0 amide bonds. The van der Waals surface area contributed by atoms with Crippen molar-refractivity contribution in [2.75, 3.05) is 18.4 Å². The third-order valence-corrected chi connectivity index (χ3v) is 6.73. The minimum Gasteiger partial charge on any atom is -0.393 e. The molecule has 148 valence electrons. The fourth-order valence-electron chi connectivity index (χ4n) is 3.20. The van der Waals surface area contributed by atoms with Crippen molar-refractivity contribution in [3.05, 3.63) is 53.3 Å². The van der Waals surface area contributed by atoms with E-state index in [-0.39, 0.29) is 18.1 Å². The topological polar surface area (TPSA) is 87.5 Å². The molecule has 1 saturated heterocycles. The number of fused-ring (bicyclic) bond motifs is 1. The van der Waals surface area contributed by atoms with Gasteiger partial charge in [-0.05, 0) is 43.2 Å². The number of nitrogens with zero attached hydrogens (tertiary/aromatic N) is 3. The largest absolute Gasteiger partial charge is 0.393 e. The summed E-state index contributed by atoms with van der Waals surface area (Å²) in [5.41, 5.74) is 0.907. The number of anilines is 2. The molecule has 1 aliphatic rings. The zero-order valence-corrected chi connectivity index (χ0v) is 16.3. The van der Waals surface area contributed by atoms with Crippen LogP contribution in [0.5, 0.6) is 0 Å². The minimum absolute atomic E-state index is 0.0479. The molecular formula is C18H18ClFN4O3S. The molecule has 0 saturated carbocycles. The molecule has 0 aliphatic carbocycles. The standard InChI is InChI=1S/C18H18ClFN4O3S/c19-15-11-12(5-6-16(15)20)21-18-14-3-1-2-4-17(14)24(22-18)28(26,27)23-9-7-13(25)8-10-23/h1-6,11,13,25H,7-10H2,(H,21,22). The summed E-state index contributed by atoms with van der Waals surface area (Å²) in [5, 5.41) is 17.5. The zero-order valence-electron chi connectivity index (χ0n) is 14.7. The lowest BCUT2D eigenvalue weighted by atomic mass is 10.1. The lowest BCUT2D eigenvalue weighted by Crippen LogP contribution is -2.43. The Morgan fingerprint density at radius 3 is 2.61 bits per heavy atom. The molecule has 4 rings (SSSR count). The van der Waals surface area contributed by atoms with Gasteiger partial charge in [0.15, 0.2) is 5.82 Å². The van der Waals surface area contributed by atoms with E-state index in [1.54, 1.807) is 24.3 Å². The van der Waals surface area contributed by atoms with Gasteiger partial charge in [0.1, 0.15) is 5.82 Å². The molecule has 28 heavy (non-hydrogen) atoms. The van der Waals surface area contributed by atoms with Gasteiger partial charge in [-0.15, -0.1) is 9.19 Å². The van der Waals surface area contributed by atoms with E-state index in [0.29, 0.717) is 35.2 Å². The number of nitrogens with one attached hydrogen (secondary N) is 1. The first-order valence-corrected chi connectivity index (χ1v) is 10.5. The van der Waals surface area contributed by atoms with Gasteiger partial charge in [0.2, 0.25) is 0 Å². The Hall–Kier alpha value is -2.20. The molecule has 3 aromatic rings. The zero-order chi connectivity index (χ0) is 19.9. The lowest BCUT2D eigenvalue weighted by molar-refractivity contribution is 0.112. The van der Waals surface area contributed by atoms with Crippen LogP contribution in [0.4, 0.5) is 15.9 Å². The predicted molar refractivity (Wildman–Crippen MR) is 106 cm³/mol. The molecule has 1 aliphatic heterocycles. The molecule has 0 atom stereocenters. The SMILES string of the molecule is O=S(=O)(N1CCC(O)CC1)n1nc(Nc2ccc(F)c(Cl)c2)c2ccccc21. The second-order valence-corrected chi connectivity index (χ2v) is 8.77. The van der Waals surface area contributed by atoms with Gasteiger partial charge >= 0.3 is 10.2 Å². The normalized spacial score (nSPS) is 16.5. The highest BCUT2D eigenvalue weighted by Crippen LogP contribution is 2.29. The van der Waals surface area contributed by atoms with Gasteiger partial charge in [-0.2, -0.15) is 12.7 Å². The van der Waals surface area contributed by atoms with E-state index in [1.807, 2.05) is 0 Å². The Morgan fingerprint density at radius 2 is 1.89 bits per heavy atom. The van der Waals surface area contributed by atoms with Crippen LogP contribution in [0, 0.1) is 5.82 Å². The maximum Gasteiger partial charge on any atom is 0.323 e. The number of piperidine rings is 1. The van der Waals surface area contributed by atoms with Gasteiger partial charge in [0.25, 0.3) is 0 Å². The number of benzene rings is 2. The van der Waals surface area contributed by atoms with E-state index >= 15 is 0 Å². The number of rotatable bonds is 4. The molecule has 2 heterocycles. The number of aliphatic hydroxyl groups is 1. The van der Waals surface area contributed by atoms with E-state index in [4.69, 9.17) is 11.6 Å². The molecule has 10 heteroatoms. The van der Waals surface area contributed by atoms with E-state index in [2.05, 4.69) is 10.4 Å². The molecular weight excluding hydrogens is 407 g/mol. The Labute approximate surface area is 166 Å². The van der Waals surface area contributed by atoms with Crippen LogP contribution >= 0.6 is 11.6 Å². The smallest absolute Gasteiger partial charge is 0.323 e. The van der Waals surface area contributed by atoms with Crippen molar-refractivity contribution in [1.29, 1.82) is 0 Å². The van der Waals surface area contributed by atoms with Gasteiger partial charge in [0, 0.05) is 24.2 Å². The third-order valence-electron chi connectivity index (χ3n) is 4.71. The van der Waals surface area contributed by atoms with Crippen molar-refractivity contribution >= 4 is 44.2 Å². The Balaban J connectivity index is 1.75. The van der Waals surface area contributed by atoms with Crippen LogP contribution in [0.3, 0.4) is 0 Å². The third kappa shape index (κ3) is 3.46.